The van der Waals surface area contributed by atoms with E-state index in [1.54, 1.807) is 62.5 Å². The fourth-order valence-electron chi connectivity index (χ4n) is 10.7. The predicted molar refractivity (Wildman–Crippen MR) is 276 cm³/mol. The van der Waals surface area contributed by atoms with E-state index in [0.717, 1.165) is 86.6 Å². The van der Waals surface area contributed by atoms with E-state index in [0.29, 0.717) is 40.4 Å². The van der Waals surface area contributed by atoms with Crippen molar-refractivity contribution in [2.75, 3.05) is 18.9 Å². The van der Waals surface area contributed by atoms with Gasteiger partial charge in [-0.3, -0.25) is 29.0 Å². The maximum absolute atomic E-state index is 13.3. The average molecular weight is 1050 g/mol. The van der Waals surface area contributed by atoms with E-state index in [-0.39, 0.29) is 47.6 Å². The number of piperidine rings is 2. The molecule has 4 aliphatic heterocycles. The Hall–Kier alpha value is -5.64. The number of carbonyl (C=O) groups excluding carboxylic acids is 4. The lowest BCUT2D eigenvalue weighted by atomic mass is 9.96. The van der Waals surface area contributed by atoms with Crippen LogP contribution in [0.1, 0.15) is 95.7 Å². The van der Waals surface area contributed by atoms with Crippen LogP contribution in [0.2, 0.25) is 15.1 Å². The molecule has 11 nitrogen and oxygen atoms in total. The highest BCUT2D eigenvalue weighted by Crippen LogP contribution is 2.39. The molecule has 0 unspecified atom stereocenters. The van der Waals surface area contributed by atoms with E-state index in [9.17, 15) is 32.3 Å². The molecule has 17 heteroatoms. The predicted octanol–water partition coefficient (Wildman–Crippen LogP) is 10.9. The molecule has 0 saturated carbocycles. The number of rotatable bonds is 14. The van der Waals surface area contributed by atoms with Crippen LogP contribution in [0.4, 0.5) is 24.5 Å². The zero-order chi connectivity index (χ0) is 51.1. The second kappa shape index (κ2) is 23.5. The summed E-state index contributed by atoms with van der Waals surface area (Å²) in [7, 11) is 1.54. The molecule has 0 radical (unpaired) electrons. The Kier molecular flexibility index (Phi) is 17.2. The Morgan fingerprint density at radius 1 is 0.653 bits per heavy atom. The van der Waals surface area contributed by atoms with Crippen molar-refractivity contribution in [1.29, 1.82) is 0 Å². The normalized spacial score (nSPS) is 21.9. The van der Waals surface area contributed by atoms with Crippen molar-refractivity contribution in [3.63, 3.8) is 0 Å². The molecule has 7 atom stereocenters. The summed E-state index contributed by atoms with van der Waals surface area (Å²) in [6, 6.07) is 35.3. The van der Waals surface area contributed by atoms with Gasteiger partial charge in [-0.15, -0.1) is 0 Å². The summed E-state index contributed by atoms with van der Waals surface area (Å²) in [6.45, 7) is 3.36. The van der Waals surface area contributed by atoms with Crippen LogP contribution in [0.15, 0.2) is 121 Å². The Bertz CT molecular complexity index is 2680. The molecule has 380 valence electrons. The number of benzene rings is 5. The van der Waals surface area contributed by atoms with Crippen molar-refractivity contribution in [2.45, 2.75) is 120 Å². The van der Waals surface area contributed by atoms with Crippen molar-refractivity contribution in [2.24, 2.45) is 0 Å². The molecule has 4 bridgehead atoms. The molecular weight excluding hydrogens is 986 g/mol. The van der Waals surface area contributed by atoms with Crippen LogP contribution in [-0.2, 0) is 28.9 Å². The topological polar surface area (TPSA) is 126 Å². The molecule has 5 aromatic rings. The van der Waals surface area contributed by atoms with Crippen LogP contribution < -0.4 is 21.3 Å². The van der Waals surface area contributed by atoms with Crippen LogP contribution in [0.25, 0.3) is 0 Å². The second-order valence-electron chi connectivity index (χ2n) is 19.4. The quantitative estimate of drug-likeness (QED) is 0.0873. The van der Waals surface area contributed by atoms with Crippen LogP contribution in [0.5, 0.6) is 0 Å². The molecule has 72 heavy (non-hydrogen) atoms. The number of amides is 4. The van der Waals surface area contributed by atoms with Crippen molar-refractivity contribution in [3.05, 3.63) is 164 Å². The Labute approximate surface area is 433 Å². The molecule has 4 amide bonds. The fourth-order valence-corrected chi connectivity index (χ4v) is 11.1. The number of para-hydroxylation sites is 1. The SMILES string of the molecule is CN(CC(=O)N[C@@H]1C[C@H]2CC[C@@H](C1)N2Cc1ccc(Cl)cc1)C(=O)c1ccccc1Nc1cccc(C(F)(F)F)c1.C[C@@H](NC(=O)c1cccc(Cl)c1)C(=O)N[C@@H]1C[C@H]2CC[C@@H](C1)N2Cc1ccc(Cl)cc1. The number of likely N-dealkylation sites (N-methyl/N-ethyl adjacent to an activating group) is 1. The standard InChI is InChI=1S/C31H32ClF3N4O2.C24H27Cl2N3O2/c1-38(30(41)27-7-2-3-8-28(27)36-23-6-4-5-21(15-23)31(33,34)35)19-29(40)37-24-16-25-13-14-26(17-24)39(25)18-20-9-11-22(32)12-10-20;1-15(27-24(31)17-3-2-4-19(26)11-17)23(30)28-20-12-21-9-10-22(13-20)29(21)14-16-5-7-18(25)8-6-16/h2-12,15,24-26,36H,13-14,16-19H2,1H3,(H,37,40);2-8,11,15,20-22H,9-10,12-14H2,1H3,(H,27,31)(H,28,30)/t24-,25-,26+;15-,20-,21-,22+/m.1/s1. The number of alkyl halides is 3. The van der Waals surface area contributed by atoms with Gasteiger partial charge in [-0.25, -0.2) is 0 Å². The molecule has 4 saturated heterocycles. The first-order valence-electron chi connectivity index (χ1n) is 24.4. The Morgan fingerprint density at radius 3 is 1.72 bits per heavy atom. The first-order chi connectivity index (χ1) is 34.4. The maximum atomic E-state index is 13.3. The first-order valence-corrected chi connectivity index (χ1v) is 25.5. The number of hydrogen-bond donors (Lipinski definition) is 4. The van der Waals surface area contributed by atoms with Crippen molar-refractivity contribution in [3.8, 4) is 0 Å². The minimum Gasteiger partial charge on any atom is -0.355 e. The molecular formula is C55H59Cl3F3N7O4. The lowest BCUT2D eigenvalue weighted by Gasteiger charge is -2.39. The molecule has 9 rings (SSSR count). The summed E-state index contributed by atoms with van der Waals surface area (Å²) in [5.41, 5.74) is 2.96. The molecule has 4 aliphatic rings. The van der Waals surface area contributed by atoms with E-state index >= 15 is 0 Å². The summed E-state index contributed by atoms with van der Waals surface area (Å²) in [5.74, 6) is -1.10. The van der Waals surface area contributed by atoms with Gasteiger partial charge in [0.25, 0.3) is 11.8 Å². The molecule has 4 N–H and O–H groups in total. The van der Waals surface area contributed by atoms with Gasteiger partial charge in [-0.05, 0) is 142 Å². The molecule has 0 aliphatic carbocycles. The van der Waals surface area contributed by atoms with Crippen molar-refractivity contribution < 1.29 is 32.3 Å². The summed E-state index contributed by atoms with van der Waals surface area (Å²) >= 11 is 18.0. The van der Waals surface area contributed by atoms with Crippen LogP contribution in [0.3, 0.4) is 0 Å². The molecule has 5 aromatic carbocycles. The molecule has 0 spiro atoms. The number of fused-ring (bicyclic) bond motifs is 4. The first kappa shape index (κ1) is 52.7. The number of anilines is 2. The van der Waals surface area contributed by atoms with Crippen molar-refractivity contribution >= 4 is 69.8 Å². The highest BCUT2D eigenvalue weighted by molar-refractivity contribution is 6.31. The van der Waals surface area contributed by atoms with E-state index in [1.807, 2.05) is 24.3 Å². The van der Waals surface area contributed by atoms with Gasteiger partial charge in [-0.1, -0.05) is 83.3 Å². The third kappa shape index (κ3) is 13.7. The highest BCUT2D eigenvalue weighted by atomic mass is 35.5. The minimum atomic E-state index is -4.48. The number of carbonyl (C=O) groups is 4. The largest absolute Gasteiger partial charge is 0.416 e. The van der Waals surface area contributed by atoms with Gasteiger partial charge in [0.05, 0.1) is 23.4 Å². The van der Waals surface area contributed by atoms with Gasteiger partial charge < -0.3 is 26.2 Å². The monoisotopic (exact) mass is 1040 g/mol. The van der Waals surface area contributed by atoms with Crippen LogP contribution >= 0.6 is 34.8 Å². The summed E-state index contributed by atoms with van der Waals surface area (Å²) in [6.07, 6.45) is 3.62. The van der Waals surface area contributed by atoms with Gasteiger partial charge in [0.15, 0.2) is 0 Å². The second-order valence-corrected chi connectivity index (χ2v) is 20.7. The van der Waals surface area contributed by atoms with Crippen LogP contribution in [0, 0.1) is 0 Å². The van der Waals surface area contributed by atoms with Gasteiger partial charge in [0.1, 0.15) is 6.04 Å². The summed E-state index contributed by atoms with van der Waals surface area (Å²) < 4.78 is 39.4. The van der Waals surface area contributed by atoms with Gasteiger partial charge in [0.2, 0.25) is 11.8 Å². The summed E-state index contributed by atoms with van der Waals surface area (Å²) in [5, 5.41) is 13.9. The fraction of sp³-hybridized carbons (Fsp3) is 0.382. The van der Waals surface area contributed by atoms with E-state index in [1.165, 1.54) is 28.2 Å². The van der Waals surface area contributed by atoms with E-state index in [4.69, 9.17) is 34.8 Å². The lowest BCUT2D eigenvalue weighted by Crippen LogP contribution is -2.53. The zero-order valence-corrected chi connectivity index (χ0v) is 42.4. The number of halogens is 6. The van der Waals surface area contributed by atoms with E-state index < -0.39 is 23.7 Å². The number of nitrogens with one attached hydrogen (secondary N) is 4. The minimum absolute atomic E-state index is 0.0415. The van der Waals surface area contributed by atoms with Crippen LogP contribution in [-0.4, -0.2) is 94.2 Å². The molecule has 4 fully saturated rings. The summed E-state index contributed by atoms with van der Waals surface area (Å²) in [4.78, 5) is 57.7. The third-order valence-electron chi connectivity index (χ3n) is 14.2. The van der Waals surface area contributed by atoms with Gasteiger partial charge >= 0.3 is 6.18 Å². The maximum Gasteiger partial charge on any atom is 0.416 e. The van der Waals surface area contributed by atoms with Crippen molar-refractivity contribution in [1.82, 2.24) is 30.7 Å². The number of nitrogens with zero attached hydrogens (tertiary/aromatic N) is 3. The molecule has 0 aromatic heterocycles. The average Bonchev–Trinajstić information content (AvgIpc) is 3.71. The third-order valence-corrected chi connectivity index (χ3v) is 15.0. The van der Waals surface area contributed by atoms with Gasteiger partial charge in [-0.2, -0.15) is 13.2 Å². The smallest absolute Gasteiger partial charge is 0.355 e. The number of hydrogen-bond acceptors (Lipinski definition) is 7. The van der Waals surface area contributed by atoms with E-state index in [2.05, 4.69) is 55.3 Å². The zero-order valence-electron chi connectivity index (χ0n) is 40.1. The lowest BCUT2D eigenvalue weighted by molar-refractivity contribution is -0.137. The molecule has 4 heterocycles. The highest BCUT2D eigenvalue weighted by Gasteiger charge is 2.42. The Balaban J connectivity index is 0.000000200. The van der Waals surface area contributed by atoms with Gasteiger partial charge in [0, 0.05) is 82.7 Å². The Morgan fingerprint density at radius 2 is 1.18 bits per heavy atom.